The Hall–Kier alpha value is -1.07. The molecular formula is C10H12F3NO. The molecule has 2 unspecified atom stereocenters. The van der Waals surface area contributed by atoms with E-state index in [1.807, 2.05) is 0 Å². The lowest BCUT2D eigenvalue weighted by atomic mass is 9.87. The maximum absolute atomic E-state index is 12.7. The Morgan fingerprint density at radius 1 is 1.20 bits per heavy atom. The third-order valence-corrected chi connectivity index (χ3v) is 2.31. The summed E-state index contributed by atoms with van der Waals surface area (Å²) in [5.41, 5.74) is 1.98. The third kappa shape index (κ3) is 1.98. The highest BCUT2D eigenvalue weighted by Gasteiger charge is 2.57. The Kier molecular flexibility index (Phi) is 3.06. The number of hydrogen-bond donors (Lipinski definition) is 2. The van der Waals surface area contributed by atoms with E-state index in [1.165, 1.54) is 24.3 Å². The minimum Gasteiger partial charge on any atom is -0.375 e. The van der Waals surface area contributed by atoms with Gasteiger partial charge in [-0.3, -0.25) is 0 Å². The van der Waals surface area contributed by atoms with Gasteiger partial charge in [-0.2, -0.15) is 13.2 Å². The van der Waals surface area contributed by atoms with Crippen molar-refractivity contribution in [3.63, 3.8) is 0 Å². The van der Waals surface area contributed by atoms with Crippen LogP contribution >= 0.6 is 0 Å². The number of nitrogens with two attached hydrogens (primary N) is 1. The lowest BCUT2D eigenvalue weighted by Gasteiger charge is -2.34. The Balaban J connectivity index is 3.26. The largest absolute Gasteiger partial charge is 0.422 e. The van der Waals surface area contributed by atoms with Crippen LogP contribution in [0.1, 0.15) is 12.5 Å². The Bertz CT molecular complexity index is 323. The van der Waals surface area contributed by atoms with Gasteiger partial charge in [0, 0.05) is 6.04 Å². The number of halogens is 3. The van der Waals surface area contributed by atoms with Crippen LogP contribution in [0.4, 0.5) is 13.2 Å². The van der Waals surface area contributed by atoms with Gasteiger partial charge in [-0.25, -0.2) is 0 Å². The number of aliphatic hydroxyl groups is 1. The summed E-state index contributed by atoms with van der Waals surface area (Å²) in [5.74, 6) is 0. The first-order valence-electron chi connectivity index (χ1n) is 4.40. The van der Waals surface area contributed by atoms with E-state index in [2.05, 4.69) is 0 Å². The van der Waals surface area contributed by atoms with Gasteiger partial charge in [-0.05, 0) is 12.5 Å². The molecule has 84 valence electrons. The van der Waals surface area contributed by atoms with Crippen LogP contribution in [-0.2, 0) is 5.60 Å². The standard InChI is InChI=1S/C10H12F3NO/c1-7(14)9(15,10(11,12)13)8-5-3-2-4-6-8/h2-7,15H,14H2,1H3. The number of benzene rings is 1. The smallest absolute Gasteiger partial charge is 0.375 e. The zero-order valence-electron chi connectivity index (χ0n) is 8.12. The fraction of sp³-hybridized carbons (Fsp3) is 0.400. The van der Waals surface area contributed by atoms with Crippen molar-refractivity contribution in [3.05, 3.63) is 35.9 Å². The Labute approximate surface area is 85.5 Å². The molecule has 0 fully saturated rings. The topological polar surface area (TPSA) is 46.2 Å². The molecule has 2 atom stereocenters. The molecule has 1 aromatic rings. The maximum Gasteiger partial charge on any atom is 0.422 e. The molecule has 1 rings (SSSR count). The van der Waals surface area contributed by atoms with Gasteiger partial charge in [-0.15, -0.1) is 0 Å². The van der Waals surface area contributed by atoms with Crippen LogP contribution in [-0.4, -0.2) is 17.3 Å². The van der Waals surface area contributed by atoms with Gasteiger partial charge in [0.05, 0.1) is 0 Å². The SMILES string of the molecule is CC(N)C(O)(c1ccccc1)C(F)(F)F. The average Bonchev–Trinajstić information content (AvgIpc) is 2.16. The highest BCUT2D eigenvalue weighted by Crippen LogP contribution is 2.40. The first-order valence-corrected chi connectivity index (χ1v) is 4.40. The van der Waals surface area contributed by atoms with Gasteiger partial charge in [0.25, 0.3) is 0 Å². The summed E-state index contributed by atoms with van der Waals surface area (Å²) in [5, 5.41) is 9.65. The van der Waals surface area contributed by atoms with Gasteiger partial charge in [0.1, 0.15) is 0 Å². The van der Waals surface area contributed by atoms with E-state index in [0.717, 1.165) is 6.92 Å². The van der Waals surface area contributed by atoms with Gasteiger partial charge in [-0.1, -0.05) is 30.3 Å². The molecule has 0 amide bonds. The maximum atomic E-state index is 12.7. The first kappa shape index (κ1) is 12.0. The van der Waals surface area contributed by atoms with E-state index in [9.17, 15) is 18.3 Å². The predicted molar refractivity (Wildman–Crippen MR) is 50.0 cm³/mol. The van der Waals surface area contributed by atoms with E-state index in [4.69, 9.17) is 5.73 Å². The zero-order chi connectivity index (χ0) is 11.7. The fourth-order valence-electron chi connectivity index (χ4n) is 1.38. The number of alkyl halides is 3. The summed E-state index contributed by atoms with van der Waals surface area (Å²) < 4.78 is 38.1. The third-order valence-electron chi connectivity index (χ3n) is 2.31. The molecule has 0 spiro atoms. The molecule has 1 aromatic carbocycles. The molecule has 0 aliphatic heterocycles. The molecule has 0 aliphatic carbocycles. The van der Waals surface area contributed by atoms with E-state index < -0.39 is 17.8 Å². The van der Waals surface area contributed by atoms with Gasteiger partial charge >= 0.3 is 6.18 Å². The number of hydrogen-bond acceptors (Lipinski definition) is 2. The Morgan fingerprint density at radius 2 is 1.67 bits per heavy atom. The quantitative estimate of drug-likeness (QED) is 0.796. The average molecular weight is 219 g/mol. The summed E-state index contributed by atoms with van der Waals surface area (Å²) in [6.07, 6.45) is -4.79. The second-order valence-corrected chi connectivity index (χ2v) is 3.42. The lowest BCUT2D eigenvalue weighted by molar-refractivity contribution is -0.272. The Morgan fingerprint density at radius 3 is 2.00 bits per heavy atom. The molecule has 5 heteroatoms. The van der Waals surface area contributed by atoms with Crippen LogP contribution in [0.5, 0.6) is 0 Å². The molecule has 2 nitrogen and oxygen atoms in total. The lowest BCUT2D eigenvalue weighted by Crippen LogP contribution is -2.54. The van der Waals surface area contributed by atoms with Crippen molar-refractivity contribution in [1.82, 2.24) is 0 Å². The van der Waals surface area contributed by atoms with Crippen LogP contribution in [0.25, 0.3) is 0 Å². The summed E-state index contributed by atoms with van der Waals surface area (Å²) in [6.45, 7) is 1.13. The van der Waals surface area contributed by atoms with Crippen LogP contribution in [0.2, 0.25) is 0 Å². The van der Waals surface area contributed by atoms with Crippen LogP contribution in [0, 0.1) is 0 Å². The van der Waals surface area contributed by atoms with Crippen molar-refractivity contribution in [2.24, 2.45) is 5.73 Å². The summed E-state index contributed by atoms with van der Waals surface area (Å²) in [7, 11) is 0. The molecule has 0 radical (unpaired) electrons. The molecule has 0 bridgehead atoms. The van der Waals surface area contributed by atoms with E-state index in [-0.39, 0.29) is 5.56 Å². The zero-order valence-corrected chi connectivity index (χ0v) is 8.12. The van der Waals surface area contributed by atoms with E-state index in [1.54, 1.807) is 6.07 Å². The normalized spacial score (nSPS) is 18.3. The monoisotopic (exact) mass is 219 g/mol. The molecule has 15 heavy (non-hydrogen) atoms. The molecular weight excluding hydrogens is 207 g/mol. The minimum atomic E-state index is -4.79. The van der Waals surface area contributed by atoms with E-state index in [0.29, 0.717) is 0 Å². The van der Waals surface area contributed by atoms with Crippen molar-refractivity contribution in [2.45, 2.75) is 24.7 Å². The van der Waals surface area contributed by atoms with Crippen LogP contribution in [0.15, 0.2) is 30.3 Å². The second kappa shape index (κ2) is 3.83. The van der Waals surface area contributed by atoms with Crippen molar-refractivity contribution in [3.8, 4) is 0 Å². The summed E-state index contributed by atoms with van der Waals surface area (Å²) >= 11 is 0. The molecule has 0 heterocycles. The van der Waals surface area contributed by atoms with Crippen molar-refractivity contribution in [1.29, 1.82) is 0 Å². The van der Waals surface area contributed by atoms with Crippen LogP contribution < -0.4 is 5.73 Å². The fourth-order valence-corrected chi connectivity index (χ4v) is 1.38. The van der Waals surface area contributed by atoms with E-state index >= 15 is 0 Å². The molecule has 3 N–H and O–H groups in total. The van der Waals surface area contributed by atoms with Crippen molar-refractivity contribution >= 4 is 0 Å². The summed E-state index contributed by atoms with van der Waals surface area (Å²) in [6, 6.07) is 5.40. The molecule has 0 aromatic heterocycles. The van der Waals surface area contributed by atoms with Crippen molar-refractivity contribution in [2.75, 3.05) is 0 Å². The predicted octanol–water partition coefficient (Wildman–Crippen LogP) is 1.78. The van der Waals surface area contributed by atoms with Gasteiger partial charge in [0.2, 0.25) is 5.60 Å². The first-order chi connectivity index (χ1) is 6.80. The summed E-state index contributed by atoms with van der Waals surface area (Å²) in [4.78, 5) is 0. The highest BCUT2D eigenvalue weighted by molar-refractivity contribution is 5.26. The van der Waals surface area contributed by atoms with Gasteiger partial charge < -0.3 is 10.8 Å². The minimum absolute atomic E-state index is 0.243. The number of rotatable bonds is 2. The van der Waals surface area contributed by atoms with Crippen LogP contribution in [0.3, 0.4) is 0 Å². The molecule has 0 saturated heterocycles. The van der Waals surface area contributed by atoms with Crippen molar-refractivity contribution < 1.29 is 18.3 Å². The molecule has 0 saturated carbocycles. The molecule has 0 aliphatic rings. The second-order valence-electron chi connectivity index (χ2n) is 3.42. The highest BCUT2D eigenvalue weighted by atomic mass is 19.4. The van der Waals surface area contributed by atoms with Gasteiger partial charge in [0.15, 0.2) is 0 Å².